The van der Waals surface area contributed by atoms with Gasteiger partial charge in [-0.1, -0.05) is 0 Å². The largest absolute Gasteiger partial charge is 0.338 e. The predicted molar refractivity (Wildman–Crippen MR) is 176 cm³/mol. The summed E-state index contributed by atoms with van der Waals surface area (Å²) >= 11 is 0. The Morgan fingerprint density at radius 3 is 0.837 bits per heavy atom. The van der Waals surface area contributed by atoms with Crippen molar-refractivity contribution in [1.82, 2.24) is 45.6 Å². The van der Waals surface area contributed by atoms with E-state index in [4.69, 9.17) is 15.0 Å². The quantitative estimate of drug-likeness (QED) is 0.398. The van der Waals surface area contributed by atoms with Gasteiger partial charge in [-0.05, 0) is 77.8 Å². The first kappa shape index (κ1) is 31.4. The monoisotopic (exact) mass is 618 g/mol. The smallest absolute Gasteiger partial charge is 0.232 e. The second-order valence-electron chi connectivity index (χ2n) is 13.2. The summed E-state index contributed by atoms with van der Waals surface area (Å²) in [6.07, 6.45) is 7.62. The van der Waals surface area contributed by atoms with Gasteiger partial charge in [-0.25, -0.2) is 0 Å². The van der Waals surface area contributed by atoms with Gasteiger partial charge in [0, 0.05) is 96.7 Å². The van der Waals surface area contributed by atoms with Crippen LogP contribution in [0.5, 0.6) is 0 Å². The minimum atomic E-state index is 0. The van der Waals surface area contributed by atoms with Crippen LogP contribution < -0.4 is 30.7 Å². The molecule has 3 N–H and O–H groups in total. The SMILES string of the molecule is C1CC(N2CCN(c3nc(N4CCN(C5CCNCC5)CC4)nc(N4CCN(C5CCNCC5)CC4)n3)CC2)CCN1.Cl. The molecule has 0 saturated carbocycles. The van der Waals surface area contributed by atoms with Crippen molar-refractivity contribution >= 4 is 30.3 Å². The third-order valence-electron chi connectivity index (χ3n) is 10.9. The van der Waals surface area contributed by atoms with Crippen molar-refractivity contribution < 1.29 is 0 Å². The number of hydrogen-bond donors (Lipinski definition) is 3. The number of hydrogen-bond acceptors (Lipinski definition) is 12. The lowest BCUT2D eigenvalue weighted by molar-refractivity contribution is 0.151. The summed E-state index contributed by atoms with van der Waals surface area (Å²) in [5.74, 6) is 2.67. The molecule has 43 heavy (non-hydrogen) atoms. The van der Waals surface area contributed by atoms with E-state index >= 15 is 0 Å². The zero-order valence-corrected chi connectivity index (χ0v) is 27.0. The second-order valence-corrected chi connectivity index (χ2v) is 13.2. The molecule has 13 heteroatoms. The highest BCUT2D eigenvalue weighted by atomic mass is 35.5. The van der Waals surface area contributed by atoms with Gasteiger partial charge in [0.2, 0.25) is 17.8 Å². The Morgan fingerprint density at radius 2 is 0.605 bits per heavy atom. The van der Waals surface area contributed by atoms with E-state index in [1.54, 1.807) is 0 Å². The van der Waals surface area contributed by atoms with Gasteiger partial charge >= 0.3 is 0 Å². The van der Waals surface area contributed by atoms with Crippen LogP contribution in [0.25, 0.3) is 0 Å². The summed E-state index contributed by atoms with van der Waals surface area (Å²) in [6.45, 7) is 19.5. The topological polar surface area (TPSA) is 94.2 Å². The molecule has 7 heterocycles. The average Bonchev–Trinajstić information content (AvgIpc) is 3.09. The lowest BCUT2D eigenvalue weighted by Crippen LogP contribution is -2.54. The van der Waals surface area contributed by atoms with Gasteiger partial charge < -0.3 is 30.7 Å². The molecule has 0 unspecified atom stereocenters. The molecule has 6 saturated heterocycles. The number of piperidine rings is 3. The highest BCUT2D eigenvalue weighted by Crippen LogP contribution is 2.25. The molecule has 7 rings (SSSR count). The maximum Gasteiger partial charge on any atom is 0.232 e. The summed E-state index contributed by atoms with van der Waals surface area (Å²) in [5, 5.41) is 10.6. The Bertz CT molecular complexity index is 839. The summed E-state index contributed by atoms with van der Waals surface area (Å²) in [6, 6.07) is 2.18. The molecule has 6 aliphatic rings. The fourth-order valence-corrected chi connectivity index (χ4v) is 8.14. The number of anilines is 3. The molecule has 0 aromatic carbocycles. The summed E-state index contributed by atoms with van der Waals surface area (Å²) in [5.41, 5.74) is 0. The summed E-state index contributed by atoms with van der Waals surface area (Å²) in [4.78, 5) is 30.9. The summed E-state index contributed by atoms with van der Waals surface area (Å²) < 4.78 is 0. The molecule has 242 valence electrons. The van der Waals surface area contributed by atoms with Crippen LogP contribution in [0.2, 0.25) is 0 Å². The fourth-order valence-electron chi connectivity index (χ4n) is 8.14. The molecule has 6 fully saturated rings. The van der Waals surface area contributed by atoms with Gasteiger partial charge in [0.25, 0.3) is 0 Å². The Kier molecular flexibility index (Phi) is 11.1. The van der Waals surface area contributed by atoms with E-state index in [-0.39, 0.29) is 12.4 Å². The van der Waals surface area contributed by atoms with Crippen LogP contribution in [0.15, 0.2) is 0 Å². The molecule has 1 aromatic rings. The van der Waals surface area contributed by atoms with Gasteiger partial charge in [0.1, 0.15) is 0 Å². The third kappa shape index (κ3) is 7.65. The first-order valence-corrected chi connectivity index (χ1v) is 17.2. The first-order valence-electron chi connectivity index (χ1n) is 17.2. The van der Waals surface area contributed by atoms with E-state index < -0.39 is 0 Å². The molecule has 6 aliphatic heterocycles. The van der Waals surface area contributed by atoms with Crippen molar-refractivity contribution in [3.8, 4) is 0 Å². The Morgan fingerprint density at radius 1 is 0.372 bits per heavy atom. The normalized spacial score (nSPS) is 26.9. The molecule has 0 atom stereocenters. The van der Waals surface area contributed by atoms with Crippen molar-refractivity contribution in [1.29, 1.82) is 0 Å². The Labute approximate surface area is 264 Å². The van der Waals surface area contributed by atoms with Crippen molar-refractivity contribution in [3.63, 3.8) is 0 Å². The van der Waals surface area contributed by atoms with E-state index in [0.29, 0.717) is 0 Å². The molecule has 1 aromatic heterocycles. The lowest BCUT2D eigenvalue weighted by atomic mass is 10.0. The highest BCUT2D eigenvalue weighted by Gasteiger charge is 2.31. The lowest BCUT2D eigenvalue weighted by Gasteiger charge is -2.43. The predicted octanol–water partition coefficient (Wildman–Crippen LogP) is -0.0846. The Hall–Kier alpha value is -1.54. The molecule has 0 bridgehead atoms. The minimum absolute atomic E-state index is 0. The second kappa shape index (κ2) is 15.2. The van der Waals surface area contributed by atoms with E-state index in [9.17, 15) is 0 Å². The maximum atomic E-state index is 5.17. The van der Waals surface area contributed by atoms with Crippen LogP contribution in [0.4, 0.5) is 17.8 Å². The average molecular weight is 619 g/mol. The third-order valence-corrected chi connectivity index (χ3v) is 10.9. The van der Waals surface area contributed by atoms with E-state index in [2.05, 4.69) is 45.3 Å². The molecule has 0 radical (unpaired) electrons. The van der Waals surface area contributed by atoms with Crippen molar-refractivity contribution in [2.75, 3.05) is 133 Å². The maximum absolute atomic E-state index is 5.17. The highest BCUT2D eigenvalue weighted by molar-refractivity contribution is 5.85. The molecule has 0 aliphatic carbocycles. The van der Waals surface area contributed by atoms with Crippen molar-refractivity contribution in [3.05, 3.63) is 0 Å². The van der Waals surface area contributed by atoms with Crippen molar-refractivity contribution in [2.24, 2.45) is 0 Å². The van der Waals surface area contributed by atoms with Gasteiger partial charge in [0.15, 0.2) is 0 Å². The molecule has 0 spiro atoms. The number of aromatic nitrogens is 3. The minimum Gasteiger partial charge on any atom is -0.338 e. The van der Waals surface area contributed by atoms with Crippen LogP contribution >= 0.6 is 12.4 Å². The van der Waals surface area contributed by atoms with Crippen LogP contribution in [0.3, 0.4) is 0 Å². The Balaban J connectivity index is 0.00000329. The molecular weight excluding hydrogens is 564 g/mol. The van der Waals surface area contributed by atoms with Crippen molar-refractivity contribution in [2.45, 2.75) is 56.7 Å². The van der Waals surface area contributed by atoms with E-state index in [1.807, 2.05) is 0 Å². The standard InChI is InChI=1S/C30H54N12.ClH/c1-7-31-8-2-25(1)37-13-19-40(20-14-37)28-34-29(41-21-15-38(16-22-41)26-3-9-32-10-4-26)36-30(35-28)42-23-17-39(18-24-42)27-5-11-33-12-6-27;/h25-27,31-33H,1-24H2;1H. The van der Waals surface area contributed by atoms with Gasteiger partial charge in [-0.3, -0.25) is 14.7 Å². The fraction of sp³-hybridized carbons (Fsp3) is 0.900. The first-order chi connectivity index (χ1) is 20.8. The van der Waals surface area contributed by atoms with E-state index in [0.717, 1.165) is 154 Å². The van der Waals surface area contributed by atoms with Gasteiger partial charge in [-0.2, -0.15) is 15.0 Å². The van der Waals surface area contributed by atoms with Crippen LogP contribution in [0.1, 0.15) is 38.5 Å². The summed E-state index contributed by atoms with van der Waals surface area (Å²) in [7, 11) is 0. The number of piperazine rings is 3. The van der Waals surface area contributed by atoms with Gasteiger partial charge in [-0.15, -0.1) is 12.4 Å². The number of rotatable bonds is 6. The van der Waals surface area contributed by atoms with E-state index in [1.165, 1.54) is 38.5 Å². The zero-order valence-electron chi connectivity index (χ0n) is 26.1. The van der Waals surface area contributed by atoms with Crippen LogP contribution in [-0.2, 0) is 0 Å². The molecular formula is C30H55ClN12. The van der Waals surface area contributed by atoms with Crippen LogP contribution in [0, 0.1) is 0 Å². The zero-order chi connectivity index (χ0) is 28.1. The molecule has 12 nitrogen and oxygen atoms in total. The number of halogens is 1. The number of nitrogens with one attached hydrogen (secondary N) is 3. The molecule has 0 amide bonds. The van der Waals surface area contributed by atoms with Crippen LogP contribution in [-0.4, -0.2) is 166 Å². The van der Waals surface area contributed by atoms with Gasteiger partial charge in [0.05, 0.1) is 0 Å². The number of nitrogens with zero attached hydrogens (tertiary/aromatic N) is 9.